The number of likely N-dealkylation sites (N-methyl/N-ethyl adjacent to an activating group) is 1. The van der Waals surface area contributed by atoms with Crippen molar-refractivity contribution in [3.63, 3.8) is 0 Å². The largest absolute Gasteiger partial charge is 0.465 e. The van der Waals surface area contributed by atoms with Crippen LogP contribution in [0.15, 0.2) is 21.2 Å². The number of nitrogens with zero attached hydrogens (tertiary/aromatic N) is 2. The zero-order chi connectivity index (χ0) is 33.4. The van der Waals surface area contributed by atoms with Crippen LogP contribution in [-0.4, -0.2) is 67.3 Å². The number of carboxylic acid groups (broad SMARTS) is 1. The maximum absolute atomic E-state index is 12.5. The van der Waals surface area contributed by atoms with Gasteiger partial charge < -0.3 is 25.5 Å². The Morgan fingerprint density at radius 1 is 0.935 bits per heavy atom. The van der Waals surface area contributed by atoms with Crippen molar-refractivity contribution in [2.45, 2.75) is 111 Å². The number of allylic oxidation sites excluding steroid dienone is 1. The Balaban J connectivity index is 1.20. The molecule has 0 saturated heterocycles. The predicted molar refractivity (Wildman–Crippen MR) is 188 cm³/mol. The van der Waals surface area contributed by atoms with Crippen molar-refractivity contribution in [2.75, 3.05) is 50.9 Å². The smallest absolute Gasteiger partial charge is 0.407 e. The van der Waals surface area contributed by atoms with Crippen LogP contribution in [0.1, 0.15) is 105 Å². The van der Waals surface area contributed by atoms with E-state index in [1.807, 2.05) is 19.0 Å². The minimum absolute atomic E-state index is 0.0584. The molecule has 46 heavy (non-hydrogen) atoms. The molecule has 0 spiro atoms. The first kappa shape index (κ1) is 35.0. The van der Waals surface area contributed by atoms with Gasteiger partial charge in [-0.25, -0.2) is 4.79 Å². The zero-order valence-corrected chi connectivity index (χ0v) is 29.8. The van der Waals surface area contributed by atoms with Crippen molar-refractivity contribution in [2.24, 2.45) is 46.3 Å². The lowest BCUT2D eigenvalue weighted by Gasteiger charge is -2.59. The van der Waals surface area contributed by atoms with E-state index in [2.05, 4.69) is 51.3 Å². The number of amides is 1. The van der Waals surface area contributed by atoms with Crippen LogP contribution in [-0.2, 0) is 0 Å². The van der Waals surface area contributed by atoms with Crippen molar-refractivity contribution < 1.29 is 9.90 Å². The molecule has 3 N–H and O–H groups in total. The van der Waals surface area contributed by atoms with Gasteiger partial charge in [-0.1, -0.05) is 65.5 Å². The second-order valence-corrected chi connectivity index (χ2v) is 16.7. The number of rotatable bonds is 14. The Morgan fingerprint density at radius 2 is 1.61 bits per heavy atom. The molecule has 1 aromatic rings. The summed E-state index contributed by atoms with van der Waals surface area (Å²) in [5.41, 5.74) is 1.70. The van der Waals surface area contributed by atoms with Gasteiger partial charge in [-0.2, -0.15) is 0 Å². The molecule has 1 aromatic carbocycles. The number of carbonyl (C=O) groups is 1. The minimum Gasteiger partial charge on any atom is -0.465 e. The van der Waals surface area contributed by atoms with Crippen molar-refractivity contribution in [1.29, 1.82) is 0 Å². The van der Waals surface area contributed by atoms with Gasteiger partial charge in [0.15, 0.2) is 0 Å². The normalized spacial score (nSPS) is 32.9. The summed E-state index contributed by atoms with van der Waals surface area (Å²) in [4.78, 5) is 40.4. The molecule has 3 saturated carbocycles. The van der Waals surface area contributed by atoms with E-state index >= 15 is 0 Å². The Kier molecular flexibility index (Phi) is 10.7. The molecule has 0 aromatic heterocycles. The SMILES string of the molecule is CC(C)CCC[C@@H](C)[C@H]1CC[C@H]2[C@@H]3CC=C4C[C@@H](N(CCNc5c(NCCN(C)C)c(=O)c5=O)C(=O)O)CC[C@]4(C)[C@H]3CC[C@]12C. The summed E-state index contributed by atoms with van der Waals surface area (Å²) in [6.07, 6.45) is 15.0. The molecular formula is C38H62N4O4. The molecule has 0 unspecified atom stereocenters. The first-order chi connectivity index (χ1) is 21.8. The van der Waals surface area contributed by atoms with Crippen molar-refractivity contribution in [1.82, 2.24) is 9.80 Å². The highest BCUT2D eigenvalue weighted by Crippen LogP contribution is 2.67. The molecule has 8 nitrogen and oxygen atoms in total. The molecular weight excluding hydrogens is 576 g/mol. The summed E-state index contributed by atoms with van der Waals surface area (Å²) in [7, 11) is 3.90. The molecule has 0 radical (unpaired) electrons. The second kappa shape index (κ2) is 14.0. The lowest BCUT2D eigenvalue weighted by Crippen LogP contribution is -2.53. The second-order valence-electron chi connectivity index (χ2n) is 16.7. The summed E-state index contributed by atoms with van der Waals surface area (Å²) < 4.78 is 0. The Bertz CT molecular complexity index is 1330. The highest BCUT2D eigenvalue weighted by molar-refractivity contribution is 5.74. The van der Waals surface area contributed by atoms with Crippen molar-refractivity contribution in [3.05, 3.63) is 32.1 Å². The van der Waals surface area contributed by atoms with E-state index < -0.39 is 17.0 Å². The summed E-state index contributed by atoms with van der Waals surface area (Å²) >= 11 is 0. The molecule has 4 aliphatic rings. The number of hydrogen-bond donors (Lipinski definition) is 3. The monoisotopic (exact) mass is 638 g/mol. The number of hydrogen-bond acceptors (Lipinski definition) is 6. The Labute approximate surface area is 277 Å². The number of nitrogens with one attached hydrogen (secondary N) is 2. The molecule has 0 heterocycles. The lowest BCUT2D eigenvalue weighted by atomic mass is 9.46. The predicted octanol–water partition coefficient (Wildman–Crippen LogP) is 7.06. The summed E-state index contributed by atoms with van der Waals surface area (Å²) in [6, 6.07) is -0.0584. The minimum atomic E-state index is -0.910. The summed E-state index contributed by atoms with van der Waals surface area (Å²) in [6.45, 7) is 14.3. The third-order valence-electron chi connectivity index (χ3n) is 13.4. The highest BCUT2D eigenvalue weighted by atomic mass is 16.4. The molecule has 8 atom stereocenters. The summed E-state index contributed by atoms with van der Waals surface area (Å²) in [5, 5.41) is 16.4. The maximum Gasteiger partial charge on any atom is 0.407 e. The summed E-state index contributed by atoms with van der Waals surface area (Å²) in [5.74, 6) is 4.74. The lowest BCUT2D eigenvalue weighted by molar-refractivity contribution is -0.0540. The zero-order valence-electron chi connectivity index (χ0n) is 29.8. The van der Waals surface area contributed by atoms with Crippen LogP contribution in [0.5, 0.6) is 0 Å². The van der Waals surface area contributed by atoms with Crippen LogP contribution >= 0.6 is 0 Å². The van der Waals surface area contributed by atoms with E-state index in [4.69, 9.17) is 0 Å². The molecule has 4 aliphatic carbocycles. The highest BCUT2D eigenvalue weighted by Gasteiger charge is 2.59. The van der Waals surface area contributed by atoms with Crippen LogP contribution in [0.4, 0.5) is 16.2 Å². The van der Waals surface area contributed by atoms with E-state index in [1.54, 1.807) is 4.90 Å². The van der Waals surface area contributed by atoms with Gasteiger partial charge in [0.1, 0.15) is 11.4 Å². The van der Waals surface area contributed by atoms with Crippen molar-refractivity contribution >= 4 is 17.5 Å². The molecule has 258 valence electrons. The van der Waals surface area contributed by atoms with Gasteiger partial charge in [0, 0.05) is 32.2 Å². The molecule has 0 aliphatic heterocycles. The fourth-order valence-electron chi connectivity index (χ4n) is 10.8. The van der Waals surface area contributed by atoms with Crippen LogP contribution in [0.2, 0.25) is 0 Å². The molecule has 1 amide bonds. The fraction of sp³-hybridized carbons (Fsp3) is 0.816. The quantitative estimate of drug-likeness (QED) is 0.148. The van der Waals surface area contributed by atoms with E-state index in [0.717, 1.165) is 61.8 Å². The van der Waals surface area contributed by atoms with Gasteiger partial charge in [-0.3, -0.25) is 9.59 Å². The number of anilines is 2. The van der Waals surface area contributed by atoms with Gasteiger partial charge in [0.05, 0.1) is 0 Å². The van der Waals surface area contributed by atoms with E-state index in [9.17, 15) is 19.5 Å². The maximum atomic E-state index is 12.5. The van der Waals surface area contributed by atoms with Crippen LogP contribution in [0.3, 0.4) is 0 Å². The third-order valence-corrected chi connectivity index (χ3v) is 13.4. The Morgan fingerprint density at radius 3 is 2.24 bits per heavy atom. The van der Waals surface area contributed by atoms with Gasteiger partial charge >= 0.3 is 6.09 Å². The molecule has 3 fully saturated rings. The average Bonchev–Trinajstić information content (AvgIpc) is 3.36. The third kappa shape index (κ3) is 6.66. The van der Waals surface area contributed by atoms with Crippen molar-refractivity contribution in [3.8, 4) is 0 Å². The first-order valence-corrected chi connectivity index (χ1v) is 18.4. The molecule has 8 heteroatoms. The van der Waals surface area contributed by atoms with Gasteiger partial charge in [0.2, 0.25) is 0 Å². The molecule has 5 rings (SSSR count). The topological polar surface area (TPSA) is 102 Å². The van der Waals surface area contributed by atoms with E-state index in [-0.39, 0.29) is 23.7 Å². The van der Waals surface area contributed by atoms with Gasteiger partial charge in [0.25, 0.3) is 10.9 Å². The van der Waals surface area contributed by atoms with E-state index in [1.165, 1.54) is 50.5 Å². The average molecular weight is 639 g/mol. The van der Waals surface area contributed by atoms with Gasteiger partial charge in [-0.15, -0.1) is 0 Å². The Hall–Kier alpha value is -2.35. The number of fused-ring (bicyclic) bond motifs is 5. The fourth-order valence-corrected chi connectivity index (χ4v) is 10.8. The van der Waals surface area contributed by atoms with E-state index in [0.29, 0.717) is 30.1 Å². The first-order valence-electron chi connectivity index (χ1n) is 18.4. The molecule has 0 bridgehead atoms. The van der Waals surface area contributed by atoms with Crippen LogP contribution in [0, 0.1) is 46.3 Å². The van der Waals surface area contributed by atoms with Gasteiger partial charge in [-0.05, 0) is 112 Å². The van der Waals surface area contributed by atoms with Crippen LogP contribution < -0.4 is 21.5 Å². The standard InChI is InChI=1S/C38H62N4O4/c1-24(2)9-8-10-25(3)29-13-14-30-28-12-11-26-23-27(15-17-37(26,4)31(28)16-18-38(29,30)5)42(36(45)46)22-20-40-33-32(34(43)35(33)44)39-19-21-41(6)7/h11,24-25,27-31,39-40H,8-10,12-23H2,1-7H3,(H,45,46)/t25-,27+,28+,29-,30+,31+,37+,38-/m1/s1. The van der Waals surface area contributed by atoms with Crippen LogP contribution in [0.25, 0.3) is 0 Å².